The predicted molar refractivity (Wildman–Crippen MR) is 124 cm³/mol. The Hall–Kier alpha value is -2.90. The standard InChI is InChI=1S/C26H31NO5/c28-18-23-16-22(9-10-25(23)29)26(30)17-27-12-11-20-5-4-6-21(15-20)19-31-13-14-32-24-7-2-1-3-8-24/h1-10,15-16,26-30H,11-14,17-19H2/t26-/m0/s1. The molecular formula is C26H31NO5. The van der Waals surface area contributed by atoms with E-state index in [-0.39, 0.29) is 12.4 Å². The van der Waals surface area contributed by atoms with E-state index in [1.165, 1.54) is 11.6 Å². The first-order valence-electron chi connectivity index (χ1n) is 10.8. The van der Waals surface area contributed by atoms with Gasteiger partial charge in [0, 0.05) is 12.1 Å². The van der Waals surface area contributed by atoms with Gasteiger partial charge in [-0.3, -0.25) is 0 Å². The van der Waals surface area contributed by atoms with E-state index in [9.17, 15) is 15.3 Å². The van der Waals surface area contributed by atoms with Crippen molar-refractivity contribution in [3.63, 3.8) is 0 Å². The molecule has 0 amide bonds. The maximum absolute atomic E-state index is 10.3. The lowest BCUT2D eigenvalue weighted by atomic mass is 10.0. The van der Waals surface area contributed by atoms with Crippen LogP contribution >= 0.6 is 0 Å². The minimum atomic E-state index is -0.710. The molecule has 4 N–H and O–H groups in total. The van der Waals surface area contributed by atoms with E-state index in [2.05, 4.69) is 17.4 Å². The first kappa shape index (κ1) is 23.8. The second-order valence-corrected chi connectivity index (χ2v) is 7.55. The molecule has 3 aromatic rings. The van der Waals surface area contributed by atoms with Crippen LogP contribution in [0.15, 0.2) is 72.8 Å². The van der Waals surface area contributed by atoms with E-state index < -0.39 is 6.10 Å². The summed E-state index contributed by atoms with van der Waals surface area (Å²) in [5.74, 6) is 0.874. The van der Waals surface area contributed by atoms with Gasteiger partial charge in [0.15, 0.2) is 0 Å². The van der Waals surface area contributed by atoms with Gasteiger partial charge in [-0.2, -0.15) is 0 Å². The van der Waals surface area contributed by atoms with Gasteiger partial charge in [-0.25, -0.2) is 0 Å². The van der Waals surface area contributed by atoms with Gasteiger partial charge < -0.3 is 30.1 Å². The summed E-state index contributed by atoms with van der Waals surface area (Å²) in [5.41, 5.74) is 3.38. The van der Waals surface area contributed by atoms with Crippen LogP contribution in [0.2, 0.25) is 0 Å². The fraction of sp³-hybridized carbons (Fsp3) is 0.308. The Morgan fingerprint density at radius 1 is 0.875 bits per heavy atom. The molecule has 0 saturated carbocycles. The molecular weight excluding hydrogens is 406 g/mol. The van der Waals surface area contributed by atoms with E-state index >= 15 is 0 Å². The number of nitrogens with one attached hydrogen (secondary N) is 1. The van der Waals surface area contributed by atoms with Crippen LogP contribution in [0.4, 0.5) is 0 Å². The van der Waals surface area contributed by atoms with Gasteiger partial charge in [-0.15, -0.1) is 0 Å². The Labute approximate surface area is 189 Å². The Morgan fingerprint density at radius 3 is 2.50 bits per heavy atom. The van der Waals surface area contributed by atoms with Gasteiger partial charge in [-0.05, 0) is 53.9 Å². The van der Waals surface area contributed by atoms with Crippen LogP contribution in [-0.2, 0) is 24.4 Å². The summed E-state index contributed by atoms with van der Waals surface area (Å²) in [6, 6.07) is 22.7. The van der Waals surface area contributed by atoms with E-state index in [1.807, 2.05) is 42.5 Å². The van der Waals surface area contributed by atoms with Crippen molar-refractivity contribution in [2.45, 2.75) is 25.7 Å². The fourth-order valence-electron chi connectivity index (χ4n) is 3.33. The summed E-state index contributed by atoms with van der Waals surface area (Å²) in [4.78, 5) is 0. The normalized spacial score (nSPS) is 11.9. The summed E-state index contributed by atoms with van der Waals surface area (Å²) >= 11 is 0. The van der Waals surface area contributed by atoms with Crippen molar-refractivity contribution in [2.75, 3.05) is 26.3 Å². The van der Waals surface area contributed by atoms with Crippen LogP contribution in [0.5, 0.6) is 11.5 Å². The van der Waals surface area contributed by atoms with E-state index in [4.69, 9.17) is 9.47 Å². The van der Waals surface area contributed by atoms with Gasteiger partial charge in [0.25, 0.3) is 0 Å². The molecule has 6 nitrogen and oxygen atoms in total. The quantitative estimate of drug-likeness (QED) is 0.307. The molecule has 0 spiro atoms. The van der Waals surface area contributed by atoms with E-state index in [1.54, 1.807) is 12.1 Å². The molecule has 0 aromatic heterocycles. The van der Waals surface area contributed by atoms with Crippen molar-refractivity contribution in [1.82, 2.24) is 5.32 Å². The zero-order valence-electron chi connectivity index (χ0n) is 18.1. The molecule has 0 aliphatic heterocycles. The maximum Gasteiger partial charge on any atom is 0.121 e. The molecule has 3 aromatic carbocycles. The van der Waals surface area contributed by atoms with Crippen LogP contribution < -0.4 is 10.1 Å². The van der Waals surface area contributed by atoms with Crippen molar-refractivity contribution in [1.29, 1.82) is 0 Å². The van der Waals surface area contributed by atoms with Gasteiger partial charge >= 0.3 is 0 Å². The molecule has 0 heterocycles. The number of ether oxygens (including phenoxy) is 2. The van der Waals surface area contributed by atoms with Crippen LogP contribution in [0.3, 0.4) is 0 Å². The highest BCUT2D eigenvalue weighted by atomic mass is 16.5. The SMILES string of the molecule is OCc1cc([C@@H](O)CNCCc2cccc(COCCOc3ccccc3)c2)ccc1O. The van der Waals surface area contributed by atoms with Gasteiger partial charge in [0.1, 0.15) is 18.1 Å². The second kappa shape index (κ2) is 12.8. The number of aliphatic hydroxyl groups is 2. The van der Waals surface area contributed by atoms with Crippen LogP contribution in [0.1, 0.15) is 28.4 Å². The first-order chi connectivity index (χ1) is 15.7. The molecule has 6 heteroatoms. The molecule has 32 heavy (non-hydrogen) atoms. The molecule has 0 fully saturated rings. The zero-order valence-corrected chi connectivity index (χ0v) is 18.1. The highest BCUT2D eigenvalue weighted by molar-refractivity contribution is 5.36. The summed E-state index contributed by atoms with van der Waals surface area (Å²) in [6.45, 7) is 2.41. The molecule has 0 aliphatic carbocycles. The van der Waals surface area contributed by atoms with Crippen molar-refractivity contribution >= 4 is 0 Å². The molecule has 3 rings (SSSR count). The summed E-state index contributed by atoms with van der Waals surface area (Å²) in [7, 11) is 0. The average molecular weight is 438 g/mol. The summed E-state index contributed by atoms with van der Waals surface area (Å²) in [5, 5.41) is 32.5. The van der Waals surface area contributed by atoms with E-state index in [0.29, 0.717) is 37.5 Å². The van der Waals surface area contributed by atoms with Gasteiger partial charge in [0.2, 0.25) is 0 Å². The number of rotatable bonds is 13. The smallest absolute Gasteiger partial charge is 0.121 e. The van der Waals surface area contributed by atoms with Crippen LogP contribution in [0.25, 0.3) is 0 Å². The third-order valence-corrected chi connectivity index (χ3v) is 5.09. The minimum absolute atomic E-state index is 0.0315. The molecule has 0 aliphatic rings. The Balaban J connectivity index is 1.34. The van der Waals surface area contributed by atoms with Gasteiger partial charge in [0.05, 0.1) is 25.9 Å². The average Bonchev–Trinajstić information content (AvgIpc) is 2.83. The van der Waals surface area contributed by atoms with Crippen molar-refractivity contribution in [2.24, 2.45) is 0 Å². The summed E-state index contributed by atoms with van der Waals surface area (Å²) < 4.78 is 11.3. The van der Waals surface area contributed by atoms with Crippen molar-refractivity contribution in [3.05, 3.63) is 95.1 Å². The molecule has 170 valence electrons. The largest absolute Gasteiger partial charge is 0.508 e. The first-order valence-corrected chi connectivity index (χ1v) is 10.8. The van der Waals surface area contributed by atoms with Gasteiger partial charge in [-0.1, -0.05) is 48.5 Å². The van der Waals surface area contributed by atoms with Crippen LogP contribution in [0, 0.1) is 0 Å². The number of para-hydroxylation sites is 1. The molecule has 0 saturated heterocycles. The topological polar surface area (TPSA) is 91.2 Å². The molecule has 0 radical (unpaired) electrons. The van der Waals surface area contributed by atoms with Crippen molar-refractivity contribution in [3.8, 4) is 11.5 Å². The molecule has 0 bridgehead atoms. The number of phenols is 1. The number of aliphatic hydroxyl groups excluding tert-OH is 2. The number of hydrogen-bond donors (Lipinski definition) is 4. The highest BCUT2D eigenvalue weighted by Gasteiger charge is 2.10. The minimum Gasteiger partial charge on any atom is -0.508 e. The molecule has 0 unspecified atom stereocenters. The second-order valence-electron chi connectivity index (χ2n) is 7.55. The summed E-state index contributed by atoms with van der Waals surface area (Å²) in [6.07, 6.45) is 0.119. The number of hydrogen-bond acceptors (Lipinski definition) is 6. The fourth-order valence-corrected chi connectivity index (χ4v) is 3.33. The Bertz CT molecular complexity index is 948. The zero-order chi connectivity index (χ0) is 22.6. The third kappa shape index (κ3) is 7.66. The third-order valence-electron chi connectivity index (χ3n) is 5.09. The molecule has 1 atom stereocenters. The maximum atomic E-state index is 10.3. The van der Waals surface area contributed by atoms with Crippen LogP contribution in [-0.4, -0.2) is 41.6 Å². The lowest BCUT2D eigenvalue weighted by Gasteiger charge is -2.14. The Kier molecular flexibility index (Phi) is 9.53. The highest BCUT2D eigenvalue weighted by Crippen LogP contribution is 2.22. The lowest BCUT2D eigenvalue weighted by Crippen LogP contribution is -2.23. The number of benzene rings is 3. The van der Waals surface area contributed by atoms with Crippen molar-refractivity contribution < 1.29 is 24.8 Å². The monoisotopic (exact) mass is 437 g/mol. The van der Waals surface area contributed by atoms with E-state index in [0.717, 1.165) is 24.3 Å². The number of aromatic hydroxyl groups is 1. The Morgan fingerprint density at radius 2 is 1.69 bits per heavy atom. The predicted octanol–water partition coefficient (Wildman–Crippen LogP) is 3.35. The lowest BCUT2D eigenvalue weighted by molar-refractivity contribution is 0.0889.